The van der Waals surface area contributed by atoms with Gasteiger partial charge in [-0.25, -0.2) is 0 Å². The molecule has 0 nitrogen and oxygen atoms in total. The van der Waals surface area contributed by atoms with Gasteiger partial charge >= 0.3 is 0 Å². The Morgan fingerprint density at radius 1 is 0.500 bits per heavy atom. The maximum absolute atomic E-state index is 2.35. The molecule has 0 amide bonds. The second kappa shape index (κ2) is 13.6. The quantitative estimate of drug-likeness (QED) is 0.255. The van der Waals surface area contributed by atoms with Crippen molar-refractivity contribution in [3.05, 3.63) is 24.3 Å². The molecule has 0 atom stereocenters. The van der Waals surface area contributed by atoms with Gasteiger partial charge in [-0.1, -0.05) is 101 Å². The normalized spacial score (nSPS) is 30.4. The largest absolute Gasteiger partial charge is 0.0917 e. The number of hydrogen-bond acceptors (Lipinski definition) is 0. The number of allylic oxidation sites excluding steroid dienone is 4. The average Bonchev–Trinajstić information content (AvgIpc) is 2.68. The number of rotatable bonds is 11. The van der Waals surface area contributed by atoms with E-state index in [0.717, 1.165) is 23.7 Å². The molecule has 0 N–H and O–H groups in total. The molecule has 2 fully saturated rings. The molecular formula is C26H46. The standard InChI is InChI=1S/C26H46/c1-3-5-7-11-23-15-19-25(20-16-23)13-9-10-14-26-21-17-24(18-22-26)12-8-6-4-2/h3-6,23-26H,7-22H2,1-2H3/b5-3+,6-4+/t23-,24?,25-,26?. The Morgan fingerprint density at radius 2 is 0.808 bits per heavy atom. The van der Waals surface area contributed by atoms with Crippen molar-refractivity contribution in [3.8, 4) is 0 Å². The van der Waals surface area contributed by atoms with Crippen LogP contribution in [-0.2, 0) is 0 Å². The molecule has 0 saturated heterocycles. The Morgan fingerprint density at radius 3 is 1.12 bits per heavy atom. The molecule has 0 aliphatic heterocycles. The summed E-state index contributed by atoms with van der Waals surface area (Å²) in [5.41, 5.74) is 0. The zero-order chi connectivity index (χ0) is 18.5. The summed E-state index contributed by atoms with van der Waals surface area (Å²) >= 11 is 0. The molecule has 0 spiro atoms. The molecule has 0 heterocycles. The Balaban J connectivity index is 1.45. The van der Waals surface area contributed by atoms with Crippen LogP contribution in [0.3, 0.4) is 0 Å². The molecule has 2 rings (SSSR count). The van der Waals surface area contributed by atoms with Gasteiger partial charge in [0.25, 0.3) is 0 Å². The smallest absolute Gasteiger partial charge is 0.0348 e. The molecule has 0 bridgehead atoms. The molecule has 0 radical (unpaired) electrons. The van der Waals surface area contributed by atoms with Crippen LogP contribution in [-0.4, -0.2) is 0 Å². The van der Waals surface area contributed by atoms with Crippen molar-refractivity contribution >= 4 is 0 Å². The minimum Gasteiger partial charge on any atom is -0.0917 e. The van der Waals surface area contributed by atoms with E-state index in [9.17, 15) is 0 Å². The molecule has 0 heteroatoms. The maximum atomic E-state index is 2.35. The molecular weight excluding hydrogens is 312 g/mol. The van der Waals surface area contributed by atoms with Crippen LogP contribution >= 0.6 is 0 Å². The van der Waals surface area contributed by atoms with E-state index in [2.05, 4.69) is 38.2 Å². The van der Waals surface area contributed by atoms with E-state index in [4.69, 9.17) is 0 Å². The van der Waals surface area contributed by atoms with Crippen LogP contribution in [0.5, 0.6) is 0 Å². The third-order valence-corrected chi connectivity index (χ3v) is 7.36. The molecule has 0 aromatic heterocycles. The summed E-state index contributed by atoms with van der Waals surface area (Å²) in [5, 5.41) is 0. The van der Waals surface area contributed by atoms with Crippen LogP contribution < -0.4 is 0 Å². The van der Waals surface area contributed by atoms with Crippen molar-refractivity contribution < 1.29 is 0 Å². The topological polar surface area (TPSA) is 0 Å². The third-order valence-electron chi connectivity index (χ3n) is 7.36. The van der Waals surface area contributed by atoms with E-state index < -0.39 is 0 Å². The van der Waals surface area contributed by atoms with Gasteiger partial charge in [0.05, 0.1) is 0 Å². The van der Waals surface area contributed by atoms with Gasteiger partial charge in [-0.15, -0.1) is 0 Å². The highest BCUT2D eigenvalue weighted by Crippen LogP contribution is 2.36. The lowest BCUT2D eigenvalue weighted by atomic mass is 9.76. The molecule has 0 unspecified atom stereocenters. The first-order valence-electron chi connectivity index (χ1n) is 12.0. The lowest BCUT2D eigenvalue weighted by Gasteiger charge is -2.29. The fourth-order valence-corrected chi connectivity index (χ4v) is 5.48. The minimum atomic E-state index is 1.03. The predicted octanol–water partition coefficient (Wildman–Crippen LogP) is 8.87. The Kier molecular flexibility index (Phi) is 11.4. The predicted molar refractivity (Wildman–Crippen MR) is 117 cm³/mol. The van der Waals surface area contributed by atoms with Gasteiger partial charge in [0, 0.05) is 0 Å². The second-order valence-corrected chi connectivity index (χ2v) is 9.35. The van der Waals surface area contributed by atoms with Crippen molar-refractivity contribution in [1.29, 1.82) is 0 Å². The summed E-state index contributed by atoms with van der Waals surface area (Å²) in [6.07, 6.45) is 32.8. The molecule has 2 saturated carbocycles. The van der Waals surface area contributed by atoms with E-state index in [-0.39, 0.29) is 0 Å². The van der Waals surface area contributed by atoms with Crippen LogP contribution in [0.15, 0.2) is 24.3 Å². The summed E-state index contributed by atoms with van der Waals surface area (Å²) in [7, 11) is 0. The van der Waals surface area contributed by atoms with Crippen LogP contribution in [0.2, 0.25) is 0 Å². The van der Waals surface area contributed by atoms with Crippen LogP contribution in [0.1, 0.15) is 117 Å². The van der Waals surface area contributed by atoms with Gasteiger partial charge in [-0.2, -0.15) is 0 Å². The lowest BCUT2D eigenvalue weighted by molar-refractivity contribution is 0.234. The fourth-order valence-electron chi connectivity index (χ4n) is 5.48. The van der Waals surface area contributed by atoms with Crippen LogP contribution in [0.4, 0.5) is 0 Å². The fraction of sp³-hybridized carbons (Fsp3) is 0.846. The Bertz CT molecular complexity index is 337. The molecule has 0 aromatic carbocycles. The van der Waals surface area contributed by atoms with Crippen LogP contribution in [0.25, 0.3) is 0 Å². The minimum absolute atomic E-state index is 1.03. The molecule has 26 heavy (non-hydrogen) atoms. The summed E-state index contributed by atoms with van der Waals surface area (Å²) in [4.78, 5) is 0. The highest BCUT2D eigenvalue weighted by Gasteiger charge is 2.22. The number of unbranched alkanes of at least 4 members (excludes halogenated alkanes) is 1. The Labute approximate surface area is 164 Å². The van der Waals surface area contributed by atoms with Gasteiger partial charge < -0.3 is 0 Å². The van der Waals surface area contributed by atoms with Gasteiger partial charge in [0.15, 0.2) is 0 Å². The highest BCUT2D eigenvalue weighted by atomic mass is 14.3. The zero-order valence-corrected chi connectivity index (χ0v) is 17.9. The van der Waals surface area contributed by atoms with Crippen molar-refractivity contribution in [2.75, 3.05) is 0 Å². The molecule has 2 aliphatic carbocycles. The average molecular weight is 359 g/mol. The van der Waals surface area contributed by atoms with E-state index >= 15 is 0 Å². The third kappa shape index (κ3) is 8.92. The highest BCUT2D eigenvalue weighted by molar-refractivity contribution is 4.81. The van der Waals surface area contributed by atoms with Crippen molar-refractivity contribution in [3.63, 3.8) is 0 Å². The molecule has 0 aromatic rings. The number of hydrogen-bond donors (Lipinski definition) is 0. The van der Waals surface area contributed by atoms with Crippen molar-refractivity contribution in [1.82, 2.24) is 0 Å². The SMILES string of the molecule is C/C=C/CCC1CCC(CCCC[C@H]2CC[C@H](CC/C=C/C)CC2)CC1. The zero-order valence-electron chi connectivity index (χ0n) is 17.9. The van der Waals surface area contributed by atoms with E-state index in [1.165, 1.54) is 103 Å². The van der Waals surface area contributed by atoms with Crippen molar-refractivity contribution in [2.45, 2.75) is 117 Å². The first-order chi connectivity index (χ1) is 12.8. The van der Waals surface area contributed by atoms with E-state index in [0.29, 0.717) is 0 Å². The second-order valence-electron chi connectivity index (χ2n) is 9.35. The van der Waals surface area contributed by atoms with Gasteiger partial charge in [0.1, 0.15) is 0 Å². The Hall–Kier alpha value is -0.520. The summed E-state index contributed by atoms with van der Waals surface area (Å²) < 4.78 is 0. The monoisotopic (exact) mass is 358 g/mol. The van der Waals surface area contributed by atoms with Gasteiger partial charge in [-0.3, -0.25) is 0 Å². The summed E-state index contributed by atoms with van der Waals surface area (Å²) in [6.45, 7) is 4.29. The lowest BCUT2D eigenvalue weighted by Crippen LogP contribution is -2.15. The first kappa shape index (κ1) is 21.8. The summed E-state index contributed by atoms with van der Waals surface area (Å²) in [5.74, 6) is 4.20. The molecule has 150 valence electrons. The maximum Gasteiger partial charge on any atom is -0.0348 e. The van der Waals surface area contributed by atoms with Crippen LogP contribution in [0, 0.1) is 23.7 Å². The van der Waals surface area contributed by atoms with Gasteiger partial charge in [0.2, 0.25) is 0 Å². The van der Waals surface area contributed by atoms with Crippen molar-refractivity contribution in [2.24, 2.45) is 23.7 Å². The van der Waals surface area contributed by atoms with E-state index in [1.807, 2.05) is 0 Å². The van der Waals surface area contributed by atoms with Gasteiger partial charge in [-0.05, 0) is 63.2 Å². The van der Waals surface area contributed by atoms with E-state index in [1.54, 1.807) is 0 Å². The first-order valence-corrected chi connectivity index (χ1v) is 12.0. The summed E-state index contributed by atoms with van der Waals surface area (Å²) in [6, 6.07) is 0. The molecule has 2 aliphatic rings.